The third-order valence-electron chi connectivity index (χ3n) is 5.51. The van der Waals surface area contributed by atoms with E-state index in [0.29, 0.717) is 37.6 Å². The van der Waals surface area contributed by atoms with Crippen LogP contribution in [0.5, 0.6) is 5.75 Å². The fourth-order valence-electron chi connectivity index (χ4n) is 3.82. The van der Waals surface area contributed by atoms with Crippen LogP contribution >= 0.6 is 0 Å². The summed E-state index contributed by atoms with van der Waals surface area (Å²) in [4.78, 5) is 16.4. The Balaban J connectivity index is 1.36. The molecule has 0 bridgehead atoms. The third-order valence-corrected chi connectivity index (χ3v) is 5.51. The van der Waals surface area contributed by atoms with Crippen LogP contribution in [-0.2, 0) is 11.0 Å². The number of benzene rings is 3. The van der Waals surface area contributed by atoms with Crippen LogP contribution in [-0.4, -0.2) is 43.1 Å². The van der Waals surface area contributed by atoms with Gasteiger partial charge in [0.25, 0.3) is 5.91 Å². The van der Waals surface area contributed by atoms with Crippen LogP contribution < -0.4 is 9.64 Å². The highest BCUT2D eigenvalue weighted by atomic mass is 19.4. The third kappa shape index (κ3) is 4.76. The summed E-state index contributed by atoms with van der Waals surface area (Å²) in [6, 6.07) is 18.9. The summed E-state index contributed by atoms with van der Waals surface area (Å²) < 4.78 is 44.8. The summed E-state index contributed by atoms with van der Waals surface area (Å²) >= 11 is 0. The molecule has 0 aromatic heterocycles. The molecule has 1 fully saturated rings. The van der Waals surface area contributed by atoms with Crippen molar-refractivity contribution in [3.8, 4) is 5.75 Å². The van der Waals surface area contributed by atoms with E-state index in [9.17, 15) is 18.0 Å². The first-order chi connectivity index (χ1) is 14.8. The van der Waals surface area contributed by atoms with E-state index in [4.69, 9.17) is 4.74 Å². The second-order valence-corrected chi connectivity index (χ2v) is 7.63. The maximum atomic E-state index is 13.0. The average Bonchev–Trinajstić information content (AvgIpc) is 2.78. The molecule has 4 rings (SSSR count). The Bertz CT molecular complexity index is 1080. The van der Waals surface area contributed by atoms with Crippen LogP contribution in [0.15, 0.2) is 66.7 Å². The zero-order chi connectivity index (χ0) is 22.0. The minimum Gasteiger partial charge on any atom is -0.481 e. The van der Waals surface area contributed by atoms with Crippen molar-refractivity contribution in [2.24, 2.45) is 0 Å². The molecule has 1 atom stereocenters. The van der Waals surface area contributed by atoms with Crippen LogP contribution in [0.3, 0.4) is 0 Å². The molecular formula is C24H23F3N2O2. The van der Waals surface area contributed by atoms with Gasteiger partial charge in [-0.1, -0.05) is 36.4 Å². The van der Waals surface area contributed by atoms with Gasteiger partial charge < -0.3 is 14.5 Å². The molecular weight excluding hydrogens is 405 g/mol. The lowest BCUT2D eigenvalue weighted by atomic mass is 10.1. The first-order valence-electron chi connectivity index (χ1n) is 10.2. The monoisotopic (exact) mass is 428 g/mol. The van der Waals surface area contributed by atoms with Gasteiger partial charge in [0.1, 0.15) is 5.75 Å². The molecule has 162 valence electrons. The first-order valence-corrected chi connectivity index (χ1v) is 10.2. The molecule has 7 heteroatoms. The van der Waals surface area contributed by atoms with Gasteiger partial charge in [-0.05, 0) is 48.0 Å². The van der Waals surface area contributed by atoms with Gasteiger partial charge in [0.15, 0.2) is 6.10 Å². The number of carbonyl (C=O) groups excluding carboxylic acids is 1. The Kier molecular flexibility index (Phi) is 5.76. The quantitative estimate of drug-likeness (QED) is 0.588. The van der Waals surface area contributed by atoms with Gasteiger partial charge in [-0.2, -0.15) is 13.2 Å². The van der Waals surface area contributed by atoms with Crippen molar-refractivity contribution in [3.63, 3.8) is 0 Å². The number of ether oxygens (including phenoxy) is 1. The van der Waals surface area contributed by atoms with Gasteiger partial charge in [0.2, 0.25) is 0 Å². The van der Waals surface area contributed by atoms with Crippen molar-refractivity contribution in [1.82, 2.24) is 4.90 Å². The largest absolute Gasteiger partial charge is 0.481 e. The zero-order valence-corrected chi connectivity index (χ0v) is 17.1. The number of anilines is 1. The lowest BCUT2D eigenvalue weighted by Gasteiger charge is -2.37. The van der Waals surface area contributed by atoms with Gasteiger partial charge in [0.05, 0.1) is 5.56 Å². The van der Waals surface area contributed by atoms with E-state index in [0.717, 1.165) is 22.9 Å². The van der Waals surface area contributed by atoms with E-state index >= 15 is 0 Å². The standard InChI is InChI=1S/C24H23F3N2O2/c1-17(31-22-10-9-18-5-2-3-6-19(18)15-22)23(30)29-13-11-28(12-14-29)21-8-4-7-20(16-21)24(25,26)27/h2-10,15-17H,11-14H2,1H3/t17-/m1/s1. The minimum atomic E-state index is -4.37. The van der Waals surface area contributed by atoms with Crippen LogP contribution in [0.2, 0.25) is 0 Å². The fraction of sp³-hybridized carbons (Fsp3) is 0.292. The number of alkyl halides is 3. The van der Waals surface area contributed by atoms with Crippen molar-refractivity contribution in [2.75, 3.05) is 31.1 Å². The van der Waals surface area contributed by atoms with Gasteiger partial charge in [-0.25, -0.2) is 0 Å². The minimum absolute atomic E-state index is 0.128. The molecule has 1 aliphatic heterocycles. The smallest absolute Gasteiger partial charge is 0.416 e. The average molecular weight is 428 g/mol. The maximum Gasteiger partial charge on any atom is 0.416 e. The summed E-state index contributed by atoms with van der Waals surface area (Å²) in [6.45, 7) is 3.52. The number of rotatable bonds is 4. The van der Waals surface area contributed by atoms with Crippen LogP contribution in [0.4, 0.5) is 18.9 Å². The second kappa shape index (κ2) is 8.49. The van der Waals surface area contributed by atoms with Crippen molar-refractivity contribution < 1.29 is 22.7 Å². The maximum absolute atomic E-state index is 13.0. The van der Waals surface area contributed by atoms with E-state index in [2.05, 4.69) is 0 Å². The van der Waals surface area contributed by atoms with E-state index in [-0.39, 0.29) is 5.91 Å². The van der Waals surface area contributed by atoms with Crippen molar-refractivity contribution in [1.29, 1.82) is 0 Å². The highest BCUT2D eigenvalue weighted by Crippen LogP contribution is 2.32. The van der Waals surface area contributed by atoms with E-state index in [1.165, 1.54) is 6.07 Å². The lowest BCUT2D eigenvalue weighted by Crippen LogP contribution is -2.52. The summed E-state index contributed by atoms with van der Waals surface area (Å²) in [6.07, 6.45) is -5.02. The van der Waals surface area contributed by atoms with Crippen LogP contribution in [0.1, 0.15) is 12.5 Å². The summed E-state index contributed by atoms with van der Waals surface area (Å²) in [5.74, 6) is 0.499. The molecule has 1 aliphatic rings. The molecule has 0 saturated carbocycles. The normalized spacial score (nSPS) is 15.7. The Hall–Kier alpha value is -3.22. The fourth-order valence-corrected chi connectivity index (χ4v) is 3.82. The van der Waals surface area contributed by atoms with Gasteiger partial charge in [-0.3, -0.25) is 4.79 Å². The van der Waals surface area contributed by atoms with Crippen LogP contribution in [0, 0.1) is 0 Å². The highest BCUT2D eigenvalue weighted by molar-refractivity contribution is 5.84. The number of halogens is 3. The molecule has 0 radical (unpaired) electrons. The predicted molar refractivity (Wildman–Crippen MR) is 114 cm³/mol. The molecule has 1 amide bonds. The SMILES string of the molecule is C[C@@H](Oc1ccc2ccccc2c1)C(=O)N1CCN(c2cccc(C(F)(F)F)c2)CC1. The van der Waals surface area contributed by atoms with Gasteiger partial charge in [0, 0.05) is 31.9 Å². The van der Waals surface area contributed by atoms with Gasteiger partial charge in [-0.15, -0.1) is 0 Å². The Morgan fingerprint density at radius 3 is 2.32 bits per heavy atom. The molecule has 0 unspecified atom stereocenters. The summed E-state index contributed by atoms with van der Waals surface area (Å²) in [5.41, 5.74) is -0.150. The molecule has 0 N–H and O–H groups in total. The molecule has 1 saturated heterocycles. The molecule has 4 nitrogen and oxygen atoms in total. The number of hydrogen-bond acceptors (Lipinski definition) is 3. The van der Waals surface area contributed by atoms with Crippen molar-refractivity contribution in [2.45, 2.75) is 19.2 Å². The molecule has 3 aromatic carbocycles. The van der Waals surface area contributed by atoms with E-state index in [1.807, 2.05) is 47.4 Å². The van der Waals surface area contributed by atoms with Crippen molar-refractivity contribution >= 4 is 22.4 Å². The Morgan fingerprint density at radius 2 is 1.61 bits per heavy atom. The zero-order valence-electron chi connectivity index (χ0n) is 17.1. The molecule has 31 heavy (non-hydrogen) atoms. The van der Waals surface area contributed by atoms with E-state index < -0.39 is 17.8 Å². The Labute approximate surface area is 178 Å². The first kappa shape index (κ1) is 21.0. The van der Waals surface area contributed by atoms with Gasteiger partial charge >= 0.3 is 6.18 Å². The molecule has 0 spiro atoms. The second-order valence-electron chi connectivity index (χ2n) is 7.63. The van der Waals surface area contributed by atoms with E-state index in [1.54, 1.807) is 17.9 Å². The number of carbonyl (C=O) groups is 1. The lowest BCUT2D eigenvalue weighted by molar-refractivity contribution is -0.138. The highest BCUT2D eigenvalue weighted by Gasteiger charge is 2.31. The predicted octanol–water partition coefficient (Wildman–Crippen LogP) is 4.97. The number of amides is 1. The number of piperazine rings is 1. The number of fused-ring (bicyclic) bond motifs is 1. The van der Waals surface area contributed by atoms with Crippen molar-refractivity contribution in [3.05, 3.63) is 72.3 Å². The Morgan fingerprint density at radius 1 is 0.903 bits per heavy atom. The van der Waals surface area contributed by atoms with Crippen LogP contribution in [0.25, 0.3) is 10.8 Å². The number of hydrogen-bond donors (Lipinski definition) is 0. The summed E-state index contributed by atoms with van der Waals surface area (Å²) in [7, 11) is 0. The number of nitrogens with zero attached hydrogens (tertiary/aromatic N) is 2. The topological polar surface area (TPSA) is 32.8 Å². The molecule has 0 aliphatic carbocycles. The molecule has 3 aromatic rings. The summed E-state index contributed by atoms with van der Waals surface area (Å²) in [5, 5.41) is 2.13. The molecule has 1 heterocycles.